The molecular weight excluding hydrogens is 449 g/mol. The van der Waals surface area contributed by atoms with Crippen LogP contribution < -0.4 is 10.9 Å². The van der Waals surface area contributed by atoms with Gasteiger partial charge in [0.2, 0.25) is 5.91 Å². The number of halogens is 2. The van der Waals surface area contributed by atoms with Gasteiger partial charge in [-0.1, -0.05) is 38.4 Å². The molecule has 1 aliphatic rings. The van der Waals surface area contributed by atoms with Crippen molar-refractivity contribution in [2.45, 2.75) is 59.4 Å². The minimum absolute atomic E-state index is 0.116. The van der Waals surface area contributed by atoms with E-state index in [9.17, 15) is 14.0 Å². The van der Waals surface area contributed by atoms with Gasteiger partial charge in [-0.3, -0.25) is 9.59 Å². The third kappa shape index (κ3) is 4.89. The number of hydrogen-bond donors (Lipinski definition) is 2. The number of aromatic amines is 1. The number of fused-ring (bicyclic) bond motifs is 3. The summed E-state index contributed by atoms with van der Waals surface area (Å²) in [5.41, 5.74) is 1.92. The van der Waals surface area contributed by atoms with Crippen molar-refractivity contribution in [1.29, 1.82) is 0 Å². The van der Waals surface area contributed by atoms with Crippen LogP contribution in [0, 0.1) is 17.2 Å². The van der Waals surface area contributed by atoms with E-state index in [1.54, 1.807) is 17.4 Å². The molecule has 2 aromatic heterocycles. The largest absolute Gasteiger partial charge is 0.352 e. The molecule has 3 aromatic rings. The van der Waals surface area contributed by atoms with Gasteiger partial charge < -0.3 is 10.3 Å². The maximum atomic E-state index is 13.1. The maximum absolute atomic E-state index is 13.1. The minimum Gasteiger partial charge on any atom is -0.352 e. The van der Waals surface area contributed by atoms with E-state index >= 15 is 0 Å². The quantitative estimate of drug-likeness (QED) is 0.534. The van der Waals surface area contributed by atoms with Crippen LogP contribution in [0.3, 0.4) is 0 Å². The van der Waals surface area contributed by atoms with Crippen molar-refractivity contribution in [1.82, 2.24) is 15.3 Å². The Morgan fingerprint density at radius 3 is 2.88 bits per heavy atom. The molecule has 1 aromatic carbocycles. The summed E-state index contributed by atoms with van der Waals surface area (Å²) in [7, 11) is 0. The summed E-state index contributed by atoms with van der Waals surface area (Å²) in [4.78, 5) is 34.6. The topological polar surface area (TPSA) is 74.8 Å². The summed E-state index contributed by atoms with van der Waals surface area (Å²) in [6.45, 7) is 7.03. The summed E-state index contributed by atoms with van der Waals surface area (Å²) >= 11 is 7.61. The number of amides is 1. The number of benzene rings is 1. The van der Waals surface area contributed by atoms with Crippen molar-refractivity contribution in [3.8, 4) is 0 Å². The highest BCUT2D eigenvalue weighted by molar-refractivity contribution is 7.18. The Kier molecular flexibility index (Phi) is 6.41. The van der Waals surface area contributed by atoms with Crippen molar-refractivity contribution in [3.63, 3.8) is 0 Å². The van der Waals surface area contributed by atoms with Gasteiger partial charge in [-0.15, -0.1) is 11.3 Å². The Morgan fingerprint density at radius 1 is 1.38 bits per heavy atom. The number of H-pyrrole nitrogens is 1. The summed E-state index contributed by atoms with van der Waals surface area (Å²) < 4.78 is 13.1. The molecule has 1 amide bonds. The zero-order valence-electron chi connectivity index (χ0n) is 18.5. The fraction of sp³-hybridized carbons (Fsp3) is 0.458. The molecule has 0 radical (unpaired) electrons. The SMILES string of the molecule is CC(C)(C)[C@H]1CCc2c(sc3nc(CCC(=O)NCc4ccc(F)cc4Cl)[nH]c(=O)c23)C1. The van der Waals surface area contributed by atoms with Crippen LogP contribution >= 0.6 is 22.9 Å². The van der Waals surface area contributed by atoms with Gasteiger partial charge in [-0.25, -0.2) is 9.37 Å². The molecule has 0 unspecified atom stereocenters. The lowest BCUT2D eigenvalue weighted by atomic mass is 9.72. The summed E-state index contributed by atoms with van der Waals surface area (Å²) in [6.07, 6.45) is 3.51. The molecule has 0 bridgehead atoms. The standard InChI is InChI=1S/C24H27ClFN3O2S/c1-24(2,3)14-5-7-16-18(10-14)32-23-21(16)22(31)28-19(29-23)8-9-20(30)27-12-13-4-6-15(26)11-17(13)25/h4,6,11,14H,5,7-10,12H2,1-3H3,(H,27,30)(H,28,29,31)/t14-/m0/s1. The number of nitrogens with one attached hydrogen (secondary N) is 2. The average molecular weight is 476 g/mol. The predicted octanol–water partition coefficient (Wildman–Crippen LogP) is 5.18. The van der Waals surface area contributed by atoms with Crippen molar-refractivity contribution in [2.75, 3.05) is 0 Å². The first-order valence-electron chi connectivity index (χ1n) is 10.9. The molecule has 1 aliphatic carbocycles. The Hall–Kier alpha value is -2.25. The Morgan fingerprint density at radius 2 is 2.16 bits per heavy atom. The normalized spacial score (nSPS) is 16.2. The van der Waals surface area contributed by atoms with E-state index in [0.717, 1.165) is 35.0 Å². The maximum Gasteiger partial charge on any atom is 0.259 e. The third-order valence-corrected chi connectivity index (χ3v) is 7.77. The molecule has 0 aliphatic heterocycles. The Bertz CT molecular complexity index is 1230. The van der Waals surface area contributed by atoms with E-state index in [0.29, 0.717) is 23.7 Å². The third-order valence-electron chi connectivity index (χ3n) is 6.27. The van der Waals surface area contributed by atoms with Crippen molar-refractivity contribution in [2.24, 2.45) is 11.3 Å². The van der Waals surface area contributed by atoms with Crippen molar-refractivity contribution < 1.29 is 9.18 Å². The smallest absolute Gasteiger partial charge is 0.259 e. The van der Waals surface area contributed by atoms with Gasteiger partial charge in [-0.05, 0) is 53.9 Å². The van der Waals surface area contributed by atoms with Gasteiger partial charge in [0, 0.05) is 29.3 Å². The van der Waals surface area contributed by atoms with Crippen LogP contribution in [0.1, 0.15) is 55.4 Å². The van der Waals surface area contributed by atoms with Gasteiger partial charge in [0.25, 0.3) is 5.56 Å². The van der Waals surface area contributed by atoms with Gasteiger partial charge >= 0.3 is 0 Å². The van der Waals surface area contributed by atoms with E-state index in [1.807, 2.05) is 0 Å². The number of aromatic nitrogens is 2. The van der Waals surface area contributed by atoms with Crippen LogP contribution in [0.25, 0.3) is 10.2 Å². The second kappa shape index (κ2) is 8.94. The second-order valence-corrected chi connectivity index (χ2v) is 11.0. The Labute approximate surface area is 195 Å². The lowest BCUT2D eigenvalue weighted by molar-refractivity contribution is -0.121. The number of carbonyl (C=O) groups is 1. The first-order valence-corrected chi connectivity index (χ1v) is 12.1. The molecule has 4 rings (SSSR count). The van der Waals surface area contributed by atoms with Crippen LogP contribution in [0.5, 0.6) is 0 Å². The molecule has 2 heterocycles. The zero-order chi connectivity index (χ0) is 23.0. The summed E-state index contributed by atoms with van der Waals surface area (Å²) in [5, 5.41) is 3.77. The highest BCUT2D eigenvalue weighted by Crippen LogP contribution is 2.41. The van der Waals surface area contributed by atoms with Crippen LogP contribution in [0.15, 0.2) is 23.0 Å². The first kappa shape index (κ1) is 22.9. The Balaban J connectivity index is 1.43. The van der Waals surface area contributed by atoms with E-state index in [-0.39, 0.29) is 34.9 Å². The summed E-state index contributed by atoms with van der Waals surface area (Å²) in [5.74, 6) is 0.509. The number of carbonyl (C=O) groups excluding carboxylic acids is 1. The van der Waals surface area contributed by atoms with Gasteiger partial charge in [0.15, 0.2) is 0 Å². The van der Waals surface area contributed by atoms with E-state index in [1.165, 1.54) is 17.0 Å². The van der Waals surface area contributed by atoms with Crippen LogP contribution in [-0.2, 0) is 30.6 Å². The van der Waals surface area contributed by atoms with Gasteiger partial charge in [0.1, 0.15) is 16.5 Å². The van der Waals surface area contributed by atoms with Crippen LogP contribution in [0.4, 0.5) is 4.39 Å². The molecule has 32 heavy (non-hydrogen) atoms. The fourth-order valence-electron chi connectivity index (χ4n) is 4.27. The van der Waals surface area contributed by atoms with Crippen LogP contribution in [-0.4, -0.2) is 15.9 Å². The number of rotatable bonds is 5. The number of aryl methyl sites for hydroxylation is 2. The van der Waals surface area contributed by atoms with Gasteiger partial charge in [0.05, 0.1) is 5.39 Å². The predicted molar refractivity (Wildman–Crippen MR) is 127 cm³/mol. The second-order valence-electron chi connectivity index (χ2n) is 9.51. The number of nitrogens with zero attached hydrogens (tertiary/aromatic N) is 1. The highest BCUT2D eigenvalue weighted by Gasteiger charge is 2.31. The lowest BCUT2D eigenvalue weighted by Gasteiger charge is -2.33. The fourth-order valence-corrected chi connectivity index (χ4v) is 5.82. The molecule has 0 saturated heterocycles. The minimum atomic E-state index is -0.417. The number of hydrogen-bond acceptors (Lipinski definition) is 4. The van der Waals surface area contributed by atoms with E-state index < -0.39 is 5.82 Å². The number of thiophene rings is 1. The van der Waals surface area contributed by atoms with Crippen molar-refractivity contribution >= 4 is 39.1 Å². The average Bonchev–Trinajstić information content (AvgIpc) is 3.09. The lowest BCUT2D eigenvalue weighted by Crippen LogP contribution is -2.26. The molecular formula is C24H27ClFN3O2S. The molecule has 1 atom stereocenters. The van der Waals surface area contributed by atoms with Gasteiger partial charge in [-0.2, -0.15) is 0 Å². The molecule has 170 valence electrons. The summed E-state index contributed by atoms with van der Waals surface area (Å²) in [6, 6.07) is 4.08. The molecule has 0 spiro atoms. The van der Waals surface area contributed by atoms with E-state index in [4.69, 9.17) is 11.6 Å². The molecule has 0 fully saturated rings. The van der Waals surface area contributed by atoms with Crippen molar-refractivity contribution in [3.05, 3.63) is 61.2 Å². The molecule has 5 nitrogen and oxygen atoms in total. The molecule has 8 heteroatoms. The molecule has 0 saturated carbocycles. The van der Waals surface area contributed by atoms with E-state index in [2.05, 4.69) is 36.1 Å². The highest BCUT2D eigenvalue weighted by atomic mass is 35.5. The van der Waals surface area contributed by atoms with Crippen LogP contribution in [0.2, 0.25) is 5.02 Å². The zero-order valence-corrected chi connectivity index (χ0v) is 20.1. The first-order chi connectivity index (χ1) is 15.1. The molecule has 2 N–H and O–H groups in total. The monoisotopic (exact) mass is 475 g/mol.